The van der Waals surface area contributed by atoms with Gasteiger partial charge >= 0.3 is 32.7 Å². The predicted octanol–water partition coefficient (Wildman–Crippen LogP) is 4.80. The van der Waals surface area contributed by atoms with Crippen LogP contribution in [-0.2, 0) is 32.7 Å². The molecule has 2 fully saturated rings. The Morgan fingerprint density at radius 2 is 0.933 bits per heavy atom. The Hall–Kier alpha value is 1.10. The van der Waals surface area contributed by atoms with Gasteiger partial charge in [0.25, 0.3) is 0 Å². The fraction of sp³-hybridized carbons (Fsp3) is 0.857. The molecule has 2 rings (SSSR count). The smallest absolute Gasteiger partial charge is 0.328 e. The molecule has 0 saturated heterocycles. The molecule has 0 radical (unpaired) electrons. The minimum atomic E-state index is 0. The minimum absolute atomic E-state index is 0. The fourth-order valence-corrected chi connectivity index (χ4v) is 2.19. The van der Waals surface area contributed by atoms with Gasteiger partial charge < -0.3 is 12.8 Å². The van der Waals surface area contributed by atoms with E-state index in [2.05, 4.69) is 26.7 Å². The first kappa shape index (κ1) is 16.1. The molecule has 0 heterocycles. The Morgan fingerprint density at radius 3 is 1.07 bits per heavy atom. The third kappa shape index (κ3) is 8.87. The van der Waals surface area contributed by atoms with Gasteiger partial charge in [-0.25, -0.2) is 0 Å². The van der Waals surface area contributed by atoms with Gasteiger partial charge in [-0.2, -0.15) is 25.7 Å². The van der Waals surface area contributed by atoms with E-state index < -0.39 is 0 Å². The molecule has 0 unspecified atom stereocenters. The van der Waals surface area contributed by atoms with Crippen molar-refractivity contribution in [2.75, 3.05) is 0 Å². The summed E-state index contributed by atoms with van der Waals surface area (Å²) in [7, 11) is 0. The van der Waals surface area contributed by atoms with E-state index in [0.29, 0.717) is 0 Å². The largest absolute Gasteiger partial charge is 3.00 e. The van der Waals surface area contributed by atoms with Gasteiger partial charge in [-0.3, -0.25) is 0 Å². The molecule has 1 heteroatoms. The zero-order valence-corrected chi connectivity index (χ0v) is 13.4. The molecule has 0 aliphatic heterocycles. The van der Waals surface area contributed by atoms with Crippen LogP contribution >= 0.6 is 0 Å². The van der Waals surface area contributed by atoms with Gasteiger partial charge in [0.05, 0.1) is 0 Å². The van der Waals surface area contributed by atoms with E-state index in [0.717, 1.165) is 11.8 Å². The first-order valence-electron chi connectivity index (χ1n) is 6.42. The third-order valence-electron chi connectivity index (χ3n) is 3.45. The van der Waals surface area contributed by atoms with E-state index in [9.17, 15) is 0 Å². The minimum Gasteiger partial charge on any atom is -0.328 e. The van der Waals surface area contributed by atoms with Crippen LogP contribution in [0.2, 0.25) is 0 Å². The van der Waals surface area contributed by atoms with Crippen LogP contribution in [0.15, 0.2) is 0 Å². The van der Waals surface area contributed by atoms with Crippen molar-refractivity contribution in [1.82, 2.24) is 0 Å². The predicted molar refractivity (Wildman–Crippen MR) is 63.9 cm³/mol. The van der Waals surface area contributed by atoms with Crippen molar-refractivity contribution in [2.24, 2.45) is 11.8 Å². The third-order valence-corrected chi connectivity index (χ3v) is 3.45. The van der Waals surface area contributed by atoms with Crippen LogP contribution in [0.4, 0.5) is 0 Å². The van der Waals surface area contributed by atoms with Crippen LogP contribution in [0.5, 0.6) is 0 Å². The molecule has 0 N–H and O–H groups in total. The molecule has 2 aliphatic carbocycles. The molecule has 0 aromatic heterocycles. The van der Waals surface area contributed by atoms with E-state index in [4.69, 9.17) is 0 Å². The maximum atomic E-state index is 2.40. The van der Waals surface area contributed by atoms with Gasteiger partial charge in [0.15, 0.2) is 0 Å². The number of rotatable bonds is 0. The Bertz CT molecular complexity index is 105. The second-order valence-corrected chi connectivity index (χ2v) is 5.10. The summed E-state index contributed by atoms with van der Waals surface area (Å²) in [6, 6.07) is 0. The first-order valence-corrected chi connectivity index (χ1v) is 6.42. The van der Waals surface area contributed by atoms with Crippen molar-refractivity contribution in [1.29, 1.82) is 0 Å². The molecule has 0 spiro atoms. The monoisotopic (exact) mass is 283 g/mol. The number of hydrogen-bond acceptors (Lipinski definition) is 0. The Morgan fingerprint density at radius 1 is 0.667 bits per heavy atom. The molecule has 0 bridgehead atoms. The van der Waals surface area contributed by atoms with E-state index in [1.165, 1.54) is 51.4 Å². The quantitative estimate of drug-likeness (QED) is 0.560. The van der Waals surface area contributed by atoms with Crippen molar-refractivity contribution < 1.29 is 32.7 Å². The average Bonchev–Trinajstić information content (AvgIpc) is 2.21. The molecule has 15 heavy (non-hydrogen) atoms. The summed E-state index contributed by atoms with van der Waals surface area (Å²) >= 11 is 0. The molecule has 0 atom stereocenters. The molecular weight excluding hydrogens is 257 g/mol. The number of hydrogen-bond donors (Lipinski definition) is 0. The molecule has 2 saturated carbocycles. The second-order valence-electron chi connectivity index (χ2n) is 5.10. The van der Waals surface area contributed by atoms with Crippen molar-refractivity contribution in [3.8, 4) is 0 Å². The SMILES string of the molecule is CC1CC[CH-]CC1.CC1CC[CH-]CC1.[Y+3]. The summed E-state index contributed by atoms with van der Waals surface area (Å²) in [5, 5.41) is 0. The van der Waals surface area contributed by atoms with Gasteiger partial charge in [-0.15, -0.1) is 0 Å². The molecule has 84 valence electrons. The standard InChI is InChI=1S/2C7H13.Y/c2*1-7-5-3-2-4-6-7;/h2*2,7H,3-6H2,1H3;/q2*-1;+3. The van der Waals surface area contributed by atoms with Gasteiger partial charge in [-0.1, -0.05) is 39.5 Å². The van der Waals surface area contributed by atoms with E-state index >= 15 is 0 Å². The van der Waals surface area contributed by atoms with Crippen molar-refractivity contribution >= 4 is 0 Å². The summed E-state index contributed by atoms with van der Waals surface area (Å²) in [6.07, 6.45) is 16.0. The Balaban J connectivity index is 0.000000245. The van der Waals surface area contributed by atoms with Crippen LogP contribution in [-0.4, -0.2) is 0 Å². The Kier molecular flexibility index (Phi) is 11.0. The molecule has 0 amide bonds. The summed E-state index contributed by atoms with van der Waals surface area (Å²) in [5.41, 5.74) is 0. The normalized spacial score (nSPS) is 23.6. The van der Waals surface area contributed by atoms with E-state index in [1.807, 2.05) is 0 Å². The molecule has 0 aromatic rings. The Labute approximate surface area is 122 Å². The maximum Gasteiger partial charge on any atom is 3.00 e. The summed E-state index contributed by atoms with van der Waals surface area (Å²) in [6.45, 7) is 4.68. The molecule has 0 aromatic carbocycles. The second kappa shape index (κ2) is 10.3. The summed E-state index contributed by atoms with van der Waals surface area (Å²) < 4.78 is 0. The van der Waals surface area contributed by atoms with Crippen LogP contribution in [0.3, 0.4) is 0 Å². The van der Waals surface area contributed by atoms with Crippen LogP contribution in [0.25, 0.3) is 0 Å². The first-order chi connectivity index (χ1) is 6.79. The van der Waals surface area contributed by atoms with Gasteiger partial charge in [0.2, 0.25) is 0 Å². The van der Waals surface area contributed by atoms with Gasteiger partial charge in [-0.05, 0) is 11.8 Å². The van der Waals surface area contributed by atoms with Crippen LogP contribution in [0.1, 0.15) is 65.2 Å². The van der Waals surface area contributed by atoms with Gasteiger partial charge in [0, 0.05) is 0 Å². The summed E-state index contributed by atoms with van der Waals surface area (Å²) in [5.74, 6) is 2.01. The zero-order chi connectivity index (χ0) is 10.2. The van der Waals surface area contributed by atoms with Crippen molar-refractivity contribution in [3.05, 3.63) is 12.8 Å². The van der Waals surface area contributed by atoms with E-state index in [1.54, 1.807) is 0 Å². The maximum absolute atomic E-state index is 2.40. The molecule has 0 nitrogen and oxygen atoms in total. The van der Waals surface area contributed by atoms with Gasteiger partial charge in [0.1, 0.15) is 0 Å². The van der Waals surface area contributed by atoms with Crippen molar-refractivity contribution in [2.45, 2.75) is 65.2 Å². The van der Waals surface area contributed by atoms with Crippen LogP contribution in [0, 0.1) is 24.7 Å². The zero-order valence-electron chi connectivity index (χ0n) is 10.5. The molecule has 2 aliphatic rings. The average molecular weight is 283 g/mol. The summed E-state index contributed by atoms with van der Waals surface area (Å²) in [4.78, 5) is 0. The van der Waals surface area contributed by atoms with E-state index in [-0.39, 0.29) is 32.7 Å². The molecular formula is C14H26Y+. The fourth-order valence-electron chi connectivity index (χ4n) is 2.19. The van der Waals surface area contributed by atoms with Crippen molar-refractivity contribution in [3.63, 3.8) is 0 Å². The van der Waals surface area contributed by atoms with Crippen LogP contribution < -0.4 is 0 Å². The topological polar surface area (TPSA) is 0 Å².